The minimum Gasteiger partial charge on any atom is -1.00 e. The van der Waals surface area contributed by atoms with Gasteiger partial charge in [-0.3, -0.25) is 4.79 Å². The van der Waals surface area contributed by atoms with Gasteiger partial charge < -0.3 is 26.5 Å². The van der Waals surface area contributed by atoms with Gasteiger partial charge in [-0.1, -0.05) is 0 Å². The summed E-state index contributed by atoms with van der Waals surface area (Å²) in [4.78, 5) is 15.3. The molecule has 1 aromatic heterocycles. The molecule has 0 aliphatic rings. The Morgan fingerprint density at radius 3 is 2.60 bits per heavy atom. The molecular weight excluding hydrogens is 324 g/mol. The summed E-state index contributed by atoms with van der Waals surface area (Å²) in [5, 5.41) is 0. The third kappa shape index (κ3) is 3.39. The Hall–Kier alpha value is -1.82. The van der Waals surface area contributed by atoms with Gasteiger partial charge in [-0.2, -0.15) is 0 Å². The van der Waals surface area contributed by atoms with Gasteiger partial charge in [0.05, 0.1) is 19.8 Å². The first-order valence-electron chi connectivity index (χ1n) is 5.94. The van der Waals surface area contributed by atoms with Crippen molar-refractivity contribution in [2.75, 3.05) is 14.2 Å². The van der Waals surface area contributed by atoms with Crippen molar-refractivity contribution >= 4 is 5.78 Å². The van der Waals surface area contributed by atoms with Crippen molar-refractivity contribution in [3.8, 4) is 11.5 Å². The second kappa shape index (κ2) is 7.09. The highest BCUT2D eigenvalue weighted by atomic mass is 79.9. The number of Topliss-reactive ketones (excluding diaryl/α,β-unsaturated/α-hetero) is 1. The molecule has 0 bridgehead atoms. The fourth-order valence-electron chi connectivity index (χ4n) is 1.88. The molecule has 20 heavy (non-hydrogen) atoms. The van der Waals surface area contributed by atoms with Gasteiger partial charge in [0.1, 0.15) is 23.9 Å². The highest BCUT2D eigenvalue weighted by molar-refractivity contribution is 5.97. The lowest BCUT2D eigenvalue weighted by Gasteiger charge is -2.08. The number of ether oxygens (including phenoxy) is 2. The van der Waals surface area contributed by atoms with E-state index in [1.54, 1.807) is 38.6 Å². The Morgan fingerprint density at radius 2 is 2.05 bits per heavy atom. The molecular formula is C14H17BrN2O3. The van der Waals surface area contributed by atoms with Crippen LogP contribution in [0.25, 0.3) is 0 Å². The largest absolute Gasteiger partial charge is 1.00 e. The number of carbonyl (C=O) groups is 1. The monoisotopic (exact) mass is 340 g/mol. The number of ketones is 1. The highest BCUT2D eigenvalue weighted by Gasteiger charge is 2.17. The van der Waals surface area contributed by atoms with Crippen LogP contribution in [-0.2, 0) is 6.54 Å². The van der Waals surface area contributed by atoms with Gasteiger partial charge in [-0.15, -0.1) is 0 Å². The van der Waals surface area contributed by atoms with E-state index in [0.29, 0.717) is 17.1 Å². The number of methoxy groups -OCH3 is 2. The molecule has 5 nitrogen and oxygen atoms in total. The molecule has 1 N–H and O–H groups in total. The van der Waals surface area contributed by atoms with Crippen LogP contribution in [0.2, 0.25) is 0 Å². The molecule has 0 atom stereocenters. The molecule has 2 rings (SSSR count). The summed E-state index contributed by atoms with van der Waals surface area (Å²) >= 11 is 0. The van der Waals surface area contributed by atoms with Crippen molar-refractivity contribution in [2.24, 2.45) is 0 Å². The molecule has 108 valence electrons. The van der Waals surface area contributed by atoms with Crippen molar-refractivity contribution < 1.29 is 35.8 Å². The molecule has 0 saturated carbocycles. The molecule has 0 spiro atoms. The van der Waals surface area contributed by atoms with Gasteiger partial charge in [-0.05, 0) is 12.1 Å². The van der Waals surface area contributed by atoms with Crippen LogP contribution < -0.4 is 31.0 Å². The number of aryl methyl sites for hydroxylation is 1. The number of aromatic amines is 1. The molecule has 6 heteroatoms. The van der Waals surface area contributed by atoms with E-state index in [4.69, 9.17) is 9.47 Å². The SMILES string of the molecule is COc1ccc(C(=O)C[n+]2cc[nH]c2C)c(OC)c1.[Br-]. The molecule has 1 heterocycles. The molecule has 2 aromatic rings. The quantitative estimate of drug-likeness (QED) is 0.533. The van der Waals surface area contributed by atoms with Crippen LogP contribution in [0.15, 0.2) is 30.6 Å². The van der Waals surface area contributed by atoms with E-state index in [1.165, 1.54) is 0 Å². The van der Waals surface area contributed by atoms with Gasteiger partial charge in [0, 0.05) is 13.0 Å². The summed E-state index contributed by atoms with van der Waals surface area (Å²) in [5.41, 5.74) is 0.552. The number of H-pyrrole nitrogens is 1. The van der Waals surface area contributed by atoms with Crippen molar-refractivity contribution in [3.05, 3.63) is 42.0 Å². The number of imidazole rings is 1. The predicted octanol–water partition coefficient (Wildman–Crippen LogP) is -1.49. The van der Waals surface area contributed by atoms with Crippen LogP contribution >= 0.6 is 0 Å². The van der Waals surface area contributed by atoms with E-state index in [-0.39, 0.29) is 29.3 Å². The first-order chi connectivity index (χ1) is 9.15. The van der Waals surface area contributed by atoms with E-state index in [9.17, 15) is 4.79 Å². The van der Waals surface area contributed by atoms with Crippen molar-refractivity contribution in [1.82, 2.24) is 4.98 Å². The summed E-state index contributed by atoms with van der Waals surface area (Å²) in [5.74, 6) is 2.12. The summed E-state index contributed by atoms with van der Waals surface area (Å²) in [6.07, 6.45) is 3.64. The predicted molar refractivity (Wildman–Crippen MR) is 69.6 cm³/mol. The smallest absolute Gasteiger partial charge is 0.251 e. The third-order valence-electron chi connectivity index (χ3n) is 3.00. The van der Waals surface area contributed by atoms with Gasteiger partial charge in [0.25, 0.3) is 5.82 Å². The molecule has 0 saturated heterocycles. The zero-order valence-corrected chi connectivity index (χ0v) is 13.2. The first kappa shape index (κ1) is 16.2. The Balaban J connectivity index is 0.00000200. The summed E-state index contributed by atoms with van der Waals surface area (Å²) in [7, 11) is 3.12. The highest BCUT2D eigenvalue weighted by Crippen LogP contribution is 2.24. The number of aromatic nitrogens is 2. The molecule has 0 amide bonds. The van der Waals surface area contributed by atoms with Crippen molar-refractivity contribution in [1.29, 1.82) is 0 Å². The molecule has 0 fully saturated rings. The zero-order chi connectivity index (χ0) is 13.8. The molecule has 0 aliphatic heterocycles. The van der Waals surface area contributed by atoms with E-state index >= 15 is 0 Å². The number of benzene rings is 1. The maximum atomic E-state index is 12.3. The number of hydrogen-bond donors (Lipinski definition) is 1. The fourth-order valence-corrected chi connectivity index (χ4v) is 1.88. The van der Waals surface area contributed by atoms with Gasteiger partial charge in [0.15, 0.2) is 6.54 Å². The lowest BCUT2D eigenvalue weighted by molar-refractivity contribution is -0.687. The van der Waals surface area contributed by atoms with Gasteiger partial charge in [-0.25, -0.2) is 9.55 Å². The normalized spacial score (nSPS) is 9.75. The van der Waals surface area contributed by atoms with Crippen molar-refractivity contribution in [3.63, 3.8) is 0 Å². The Bertz CT molecular complexity index is 596. The van der Waals surface area contributed by atoms with Crippen LogP contribution in [0.5, 0.6) is 11.5 Å². The summed E-state index contributed by atoms with van der Waals surface area (Å²) in [6.45, 7) is 2.19. The molecule has 1 aromatic carbocycles. The number of rotatable bonds is 5. The van der Waals surface area contributed by atoms with Gasteiger partial charge >= 0.3 is 0 Å². The van der Waals surface area contributed by atoms with Crippen LogP contribution in [0.4, 0.5) is 0 Å². The average Bonchev–Trinajstić information content (AvgIpc) is 2.83. The summed E-state index contributed by atoms with van der Waals surface area (Å²) < 4.78 is 12.2. The number of hydrogen-bond acceptors (Lipinski definition) is 3. The Labute approximate surface area is 128 Å². The standard InChI is InChI=1S/C14H16N2O3.BrH/c1-10-15-6-7-16(10)9-13(17)12-5-4-11(18-2)8-14(12)19-3;/h4-8H,9H2,1-3H3;1H. The van der Waals surface area contributed by atoms with Crippen LogP contribution in [-0.4, -0.2) is 25.0 Å². The zero-order valence-electron chi connectivity index (χ0n) is 11.6. The Kier molecular flexibility index (Phi) is 5.76. The van der Waals surface area contributed by atoms with Crippen LogP contribution in [0.3, 0.4) is 0 Å². The minimum absolute atomic E-state index is 0. The molecule has 0 unspecified atom stereocenters. The number of carbonyl (C=O) groups excluding carboxylic acids is 1. The number of halogens is 1. The first-order valence-corrected chi connectivity index (χ1v) is 5.94. The maximum absolute atomic E-state index is 12.3. The lowest BCUT2D eigenvalue weighted by atomic mass is 10.1. The second-order valence-corrected chi connectivity index (χ2v) is 4.16. The second-order valence-electron chi connectivity index (χ2n) is 4.16. The lowest BCUT2D eigenvalue weighted by Crippen LogP contribution is -3.00. The maximum Gasteiger partial charge on any atom is 0.251 e. The molecule has 0 radical (unpaired) electrons. The minimum atomic E-state index is -0.00722. The topological polar surface area (TPSA) is 55.2 Å². The number of nitrogens with zero attached hydrogens (tertiary/aromatic N) is 1. The average molecular weight is 341 g/mol. The van der Waals surface area contributed by atoms with E-state index in [1.807, 2.05) is 17.7 Å². The third-order valence-corrected chi connectivity index (χ3v) is 3.00. The Morgan fingerprint density at radius 1 is 1.30 bits per heavy atom. The van der Waals surface area contributed by atoms with Crippen LogP contribution in [0.1, 0.15) is 16.2 Å². The summed E-state index contributed by atoms with van der Waals surface area (Å²) in [6, 6.07) is 5.19. The molecule has 0 aliphatic carbocycles. The van der Waals surface area contributed by atoms with E-state index in [2.05, 4.69) is 4.98 Å². The number of nitrogens with one attached hydrogen (secondary N) is 1. The van der Waals surface area contributed by atoms with E-state index in [0.717, 1.165) is 5.82 Å². The fraction of sp³-hybridized carbons (Fsp3) is 0.286. The van der Waals surface area contributed by atoms with Crippen molar-refractivity contribution in [2.45, 2.75) is 13.5 Å². The van der Waals surface area contributed by atoms with Gasteiger partial charge in [0.2, 0.25) is 5.78 Å². The van der Waals surface area contributed by atoms with Crippen LogP contribution in [0, 0.1) is 6.92 Å². The van der Waals surface area contributed by atoms with E-state index < -0.39 is 0 Å².